The maximum Gasteiger partial charge on any atom is 0.244 e. The standard InChI is InChI=1S/C19H28N4O5S2/c1-14-5-6-15(27-3)17-18(14)29-19(20-17)23(8-7-22-9-11-28-12-10-22)16(24)13-21(2)30(4,25)26/h5-6H,7-13H2,1-4H3. The average Bonchev–Trinajstić information content (AvgIpc) is 3.14. The number of rotatable bonds is 8. The lowest BCUT2D eigenvalue weighted by Gasteiger charge is -2.29. The lowest BCUT2D eigenvalue weighted by Crippen LogP contribution is -2.46. The molecule has 2 aromatic rings. The lowest BCUT2D eigenvalue weighted by molar-refractivity contribution is -0.118. The van der Waals surface area contributed by atoms with Gasteiger partial charge in [-0.15, -0.1) is 0 Å². The van der Waals surface area contributed by atoms with Crippen LogP contribution in [0.2, 0.25) is 0 Å². The van der Waals surface area contributed by atoms with Crippen LogP contribution in [-0.4, -0.2) is 94.9 Å². The van der Waals surface area contributed by atoms with Gasteiger partial charge in [-0.2, -0.15) is 4.31 Å². The summed E-state index contributed by atoms with van der Waals surface area (Å²) in [6.45, 7) is 5.76. The van der Waals surface area contributed by atoms with Gasteiger partial charge in [0.15, 0.2) is 5.13 Å². The first-order valence-corrected chi connectivity index (χ1v) is 12.3. The summed E-state index contributed by atoms with van der Waals surface area (Å²) in [6, 6.07) is 3.82. The summed E-state index contributed by atoms with van der Waals surface area (Å²) >= 11 is 1.41. The smallest absolute Gasteiger partial charge is 0.244 e. The predicted molar refractivity (Wildman–Crippen MR) is 118 cm³/mol. The average molecular weight is 457 g/mol. The Labute approximate surface area is 181 Å². The highest BCUT2D eigenvalue weighted by molar-refractivity contribution is 7.88. The van der Waals surface area contributed by atoms with Gasteiger partial charge in [-0.05, 0) is 18.6 Å². The molecule has 0 unspecified atom stereocenters. The molecule has 2 heterocycles. The topological polar surface area (TPSA) is 92.3 Å². The fourth-order valence-corrected chi connectivity index (χ4v) is 4.60. The van der Waals surface area contributed by atoms with Crippen molar-refractivity contribution in [1.82, 2.24) is 14.2 Å². The van der Waals surface area contributed by atoms with Crippen molar-refractivity contribution in [2.24, 2.45) is 0 Å². The van der Waals surface area contributed by atoms with Crippen molar-refractivity contribution in [2.75, 3.05) is 71.3 Å². The van der Waals surface area contributed by atoms with E-state index in [-0.39, 0.29) is 12.5 Å². The highest BCUT2D eigenvalue weighted by Crippen LogP contribution is 2.36. The normalized spacial score (nSPS) is 15.6. The van der Waals surface area contributed by atoms with Crippen LogP contribution in [0.4, 0.5) is 5.13 Å². The van der Waals surface area contributed by atoms with E-state index in [0.29, 0.717) is 42.7 Å². The number of morpholine rings is 1. The number of fused-ring (bicyclic) bond motifs is 1. The van der Waals surface area contributed by atoms with Crippen molar-refractivity contribution in [1.29, 1.82) is 0 Å². The van der Waals surface area contributed by atoms with E-state index in [1.165, 1.54) is 18.4 Å². The molecule has 1 saturated heterocycles. The number of benzene rings is 1. The molecule has 0 bridgehead atoms. The Morgan fingerprint density at radius 1 is 1.33 bits per heavy atom. The van der Waals surface area contributed by atoms with Crippen LogP contribution in [-0.2, 0) is 19.6 Å². The van der Waals surface area contributed by atoms with E-state index in [9.17, 15) is 13.2 Å². The molecule has 1 amide bonds. The van der Waals surface area contributed by atoms with Gasteiger partial charge in [0.25, 0.3) is 0 Å². The van der Waals surface area contributed by atoms with Gasteiger partial charge in [-0.3, -0.25) is 14.6 Å². The van der Waals surface area contributed by atoms with Crippen LogP contribution < -0.4 is 9.64 Å². The molecule has 0 aliphatic carbocycles. The largest absolute Gasteiger partial charge is 0.494 e. The number of amides is 1. The zero-order valence-corrected chi connectivity index (χ0v) is 19.4. The summed E-state index contributed by atoms with van der Waals surface area (Å²) in [5, 5.41) is 0.540. The quantitative estimate of drug-likeness (QED) is 0.589. The number of methoxy groups -OCH3 is 1. The molecule has 0 saturated carbocycles. The lowest BCUT2D eigenvalue weighted by atomic mass is 10.2. The first kappa shape index (κ1) is 22.9. The van der Waals surface area contributed by atoms with Gasteiger partial charge in [0, 0.05) is 33.2 Å². The maximum atomic E-state index is 13.1. The number of ether oxygens (including phenoxy) is 2. The van der Waals surface area contributed by atoms with E-state index in [4.69, 9.17) is 9.47 Å². The summed E-state index contributed by atoms with van der Waals surface area (Å²) in [7, 11) is -0.479. The van der Waals surface area contributed by atoms with Crippen LogP contribution in [0.25, 0.3) is 10.2 Å². The number of thiazole rings is 1. The second-order valence-corrected chi connectivity index (χ2v) is 10.3. The third-order valence-electron chi connectivity index (χ3n) is 5.11. The van der Waals surface area contributed by atoms with Crippen molar-refractivity contribution >= 4 is 42.6 Å². The third-order valence-corrected chi connectivity index (χ3v) is 7.59. The van der Waals surface area contributed by atoms with Gasteiger partial charge in [-0.25, -0.2) is 13.4 Å². The molecule has 30 heavy (non-hydrogen) atoms. The summed E-state index contributed by atoms with van der Waals surface area (Å²) in [4.78, 5) is 21.6. The van der Waals surface area contributed by atoms with Crippen molar-refractivity contribution < 1.29 is 22.7 Å². The molecule has 1 aromatic carbocycles. The molecule has 3 rings (SSSR count). The Kier molecular flexibility index (Phi) is 7.30. The third kappa shape index (κ3) is 5.27. The van der Waals surface area contributed by atoms with Gasteiger partial charge >= 0.3 is 0 Å². The van der Waals surface area contributed by atoms with Gasteiger partial charge in [0.1, 0.15) is 11.3 Å². The van der Waals surface area contributed by atoms with Gasteiger partial charge in [-0.1, -0.05) is 17.4 Å². The van der Waals surface area contributed by atoms with E-state index in [0.717, 1.165) is 33.9 Å². The summed E-state index contributed by atoms with van der Waals surface area (Å²) < 4.78 is 36.4. The Hall–Kier alpha value is -1.79. The molecule has 0 radical (unpaired) electrons. The monoisotopic (exact) mass is 456 g/mol. The van der Waals surface area contributed by atoms with E-state index in [1.807, 2.05) is 19.1 Å². The minimum Gasteiger partial charge on any atom is -0.494 e. The molecular weight excluding hydrogens is 428 g/mol. The first-order chi connectivity index (χ1) is 14.2. The van der Waals surface area contributed by atoms with Crippen LogP contribution in [0.15, 0.2) is 12.1 Å². The highest BCUT2D eigenvalue weighted by Gasteiger charge is 2.25. The number of anilines is 1. The molecule has 11 heteroatoms. The zero-order chi connectivity index (χ0) is 21.9. The molecule has 1 aliphatic heterocycles. The molecule has 0 spiro atoms. The molecule has 0 N–H and O–H groups in total. The van der Waals surface area contributed by atoms with Crippen LogP contribution in [0.5, 0.6) is 5.75 Å². The summed E-state index contributed by atoms with van der Waals surface area (Å²) in [6.07, 6.45) is 1.09. The van der Waals surface area contributed by atoms with Gasteiger partial charge in [0.05, 0.1) is 37.8 Å². The van der Waals surface area contributed by atoms with Crippen LogP contribution in [0.1, 0.15) is 5.56 Å². The Balaban J connectivity index is 1.90. The number of aryl methyl sites for hydroxylation is 1. The van der Waals surface area contributed by atoms with Crippen molar-refractivity contribution in [3.05, 3.63) is 17.7 Å². The predicted octanol–water partition coefficient (Wildman–Crippen LogP) is 1.17. The number of aromatic nitrogens is 1. The highest BCUT2D eigenvalue weighted by atomic mass is 32.2. The molecule has 166 valence electrons. The van der Waals surface area contributed by atoms with E-state index in [2.05, 4.69) is 9.88 Å². The molecular formula is C19H28N4O5S2. The van der Waals surface area contributed by atoms with Gasteiger partial charge in [0.2, 0.25) is 15.9 Å². The zero-order valence-electron chi connectivity index (χ0n) is 17.8. The van der Waals surface area contributed by atoms with Crippen molar-refractivity contribution in [3.8, 4) is 5.75 Å². The van der Waals surface area contributed by atoms with Crippen LogP contribution in [0.3, 0.4) is 0 Å². The van der Waals surface area contributed by atoms with Crippen molar-refractivity contribution in [2.45, 2.75) is 6.92 Å². The van der Waals surface area contributed by atoms with Crippen LogP contribution >= 0.6 is 11.3 Å². The number of nitrogens with zero attached hydrogens (tertiary/aromatic N) is 4. The summed E-state index contributed by atoms with van der Waals surface area (Å²) in [5.41, 5.74) is 1.75. The number of hydrogen-bond donors (Lipinski definition) is 0. The van der Waals surface area contributed by atoms with Gasteiger partial charge < -0.3 is 9.47 Å². The van der Waals surface area contributed by atoms with Crippen LogP contribution in [0, 0.1) is 6.92 Å². The Morgan fingerprint density at radius 3 is 2.67 bits per heavy atom. The number of likely N-dealkylation sites (N-methyl/N-ethyl adjacent to an activating group) is 1. The minimum atomic E-state index is -3.47. The second kappa shape index (κ2) is 9.56. The first-order valence-electron chi connectivity index (χ1n) is 9.66. The Morgan fingerprint density at radius 2 is 2.03 bits per heavy atom. The van der Waals surface area contributed by atoms with E-state index in [1.54, 1.807) is 12.0 Å². The second-order valence-electron chi connectivity index (χ2n) is 7.28. The van der Waals surface area contributed by atoms with E-state index < -0.39 is 10.0 Å². The number of carbonyl (C=O) groups is 1. The summed E-state index contributed by atoms with van der Waals surface area (Å²) in [5.74, 6) is 0.332. The van der Waals surface area contributed by atoms with E-state index >= 15 is 0 Å². The number of sulfonamides is 1. The Bertz CT molecular complexity index is 1000. The molecule has 9 nitrogen and oxygen atoms in total. The number of hydrogen-bond acceptors (Lipinski definition) is 8. The molecule has 1 aliphatic rings. The van der Waals surface area contributed by atoms with Crippen molar-refractivity contribution in [3.63, 3.8) is 0 Å². The minimum absolute atomic E-state index is 0.242. The molecule has 1 fully saturated rings. The molecule has 1 aromatic heterocycles. The molecule has 0 atom stereocenters. The maximum absolute atomic E-state index is 13.1. The fourth-order valence-electron chi connectivity index (χ4n) is 3.16. The SMILES string of the molecule is COc1ccc(C)c2sc(N(CCN3CCOCC3)C(=O)CN(C)S(C)(=O)=O)nc12. The fraction of sp³-hybridized carbons (Fsp3) is 0.579. The number of carbonyl (C=O) groups excluding carboxylic acids is 1.